The molecule has 1 aliphatic heterocycles. The number of fused-ring (bicyclic) bond motifs is 1. The number of carbonyl (C=O) groups is 2. The first-order valence-electron chi connectivity index (χ1n) is 10.2. The fraction of sp³-hybridized carbons (Fsp3) is 0.348. The van der Waals surface area contributed by atoms with E-state index >= 15 is 0 Å². The van der Waals surface area contributed by atoms with Gasteiger partial charge in [-0.15, -0.1) is 0 Å². The second-order valence-electron chi connectivity index (χ2n) is 7.62. The second-order valence-corrected chi connectivity index (χ2v) is 7.62. The third-order valence-electron chi connectivity index (χ3n) is 5.59. The van der Waals surface area contributed by atoms with Crippen LogP contribution in [-0.4, -0.2) is 38.7 Å². The number of aromatic nitrogens is 2. The summed E-state index contributed by atoms with van der Waals surface area (Å²) in [6, 6.07) is 13.4. The third-order valence-corrected chi connectivity index (χ3v) is 5.59. The molecule has 2 aromatic heterocycles. The number of likely N-dealkylation sites (tertiary alicyclic amines) is 1. The topological polar surface area (TPSA) is 66.7 Å². The Labute approximate surface area is 170 Å². The van der Waals surface area contributed by atoms with Crippen LogP contribution in [0.3, 0.4) is 0 Å². The largest absolute Gasteiger partial charge is 0.334 e. The molecule has 1 aromatic carbocycles. The maximum Gasteiger partial charge on any atom is 0.292 e. The van der Waals surface area contributed by atoms with Crippen LogP contribution in [0.2, 0.25) is 0 Å². The minimum absolute atomic E-state index is 0.0881. The monoisotopic (exact) mass is 390 g/mol. The maximum absolute atomic E-state index is 13.3. The highest BCUT2D eigenvalue weighted by Crippen LogP contribution is 2.24. The first-order valence-corrected chi connectivity index (χ1v) is 10.2. The summed E-state index contributed by atoms with van der Waals surface area (Å²) in [4.78, 5) is 32.7. The number of amides is 2. The lowest BCUT2D eigenvalue weighted by atomic mass is 9.99. The number of imidazole rings is 1. The van der Waals surface area contributed by atoms with Gasteiger partial charge in [-0.05, 0) is 62.4 Å². The molecular formula is C23H26N4O2. The van der Waals surface area contributed by atoms with Crippen LogP contribution in [0.25, 0.3) is 5.52 Å². The van der Waals surface area contributed by atoms with E-state index in [1.807, 2.05) is 54.3 Å². The minimum atomic E-state index is -0.332. The standard InChI is InChI=1S/C23H26N4O2/c1-3-18-11-4-6-13-26(18)23(29)20-19-12-5-7-14-27(19)21(25-20)22(28)24-17-10-8-9-16(2)15-17/h5,7-10,12,14-15,18H,3-4,6,11,13H2,1-2H3,(H,24,28). The summed E-state index contributed by atoms with van der Waals surface area (Å²) in [5.41, 5.74) is 2.77. The summed E-state index contributed by atoms with van der Waals surface area (Å²) >= 11 is 0. The van der Waals surface area contributed by atoms with Gasteiger partial charge in [0.15, 0.2) is 5.69 Å². The van der Waals surface area contributed by atoms with E-state index in [0.29, 0.717) is 16.9 Å². The van der Waals surface area contributed by atoms with Gasteiger partial charge in [-0.1, -0.05) is 25.1 Å². The highest BCUT2D eigenvalue weighted by Gasteiger charge is 2.30. The molecule has 2 amide bonds. The summed E-state index contributed by atoms with van der Waals surface area (Å²) in [6.07, 6.45) is 5.88. The fourth-order valence-electron chi connectivity index (χ4n) is 4.09. The van der Waals surface area contributed by atoms with Crippen LogP contribution in [0.5, 0.6) is 0 Å². The van der Waals surface area contributed by atoms with E-state index in [-0.39, 0.29) is 23.7 Å². The quantitative estimate of drug-likeness (QED) is 0.722. The Morgan fingerprint density at radius 2 is 2.03 bits per heavy atom. The summed E-state index contributed by atoms with van der Waals surface area (Å²) in [5, 5.41) is 2.90. The predicted octanol–water partition coefficient (Wildman–Crippen LogP) is 4.30. The molecule has 29 heavy (non-hydrogen) atoms. The highest BCUT2D eigenvalue weighted by atomic mass is 16.2. The van der Waals surface area contributed by atoms with E-state index in [4.69, 9.17) is 0 Å². The van der Waals surface area contributed by atoms with Crippen molar-refractivity contribution >= 4 is 23.0 Å². The number of hydrogen-bond acceptors (Lipinski definition) is 3. The molecule has 1 N–H and O–H groups in total. The van der Waals surface area contributed by atoms with Crippen LogP contribution < -0.4 is 5.32 Å². The average Bonchev–Trinajstić information content (AvgIpc) is 3.13. The molecule has 0 saturated carbocycles. The lowest BCUT2D eigenvalue weighted by Crippen LogP contribution is -2.43. The van der Waals surface area contributed by atoms with E-state index < -0.39 is 0 Å². The molecule has 0 bridgehead atoms. The number of carbonyl (C=O) groups excluding carboxylic acids is 2. The first kappa shape index (κ1) is 19.2. The van der Waals surface area contributed by atoms with Crippen molar-refractivity contribution in [1.29, 1.82) is 0 Å². The molecule has 1 aliphatic rings. The molecule has 1 unspecified atom stereocenters. The normalized spacial score (nSPS) is 16.8. The number of benzene rings is 1. The van der Waals surface area contributed by atoms with Crippen molar-refractivity contribution < 1.29 is 9.59 Å². The Hall–Kier alpha value is -3.15. The van der Waals surface area contributed by atoms with Crippen molar-refractivity contribution in [2.45, 2.75) is 45.6 Å². The average molecular weight is 390 g/mol. The minimum Gasteiger partial charge on any atom is -0.334 e. The summed E-state index contributed by atoms with van der Waals surface area (Å²) in [7, 11) is 0. The van der Waals surface area contributed by atoms with Gasteiger partial charge in [-0.2, -0.15) is 0 Å². The molecule has 1 atom stereocenters. The molecule has 6 nitrogen and oxygen atoms in total. The zero-order chi connectivity index (χ0) is 20.4. The molecule has 0 aliphatic carbocycles. The van der Waals surface area contributed by atoms with E-state index in [1.165, 1.54) is 0 Å². The van der Waals surface area contributed by atoms with E-state index in [0.717, 1.165) is 37.8 Å². The van der Waals surface area contributed by atoms with Gasteiger partial charge >= 0.3 is 0 Å². The number of hydrogen-bond donors (Lipinski definition) is 1. The van der Waals surface area contributed by atoms with Gasteiger partial charge in [0, 0.05) is 24.5 Å². The fourth-order valence-corrected chi connectivity index (χ4v) is 4.09. The van der Waals surface area contributed by atoms with Gasteiger partial charge in [0.2, 0.25) is 5.82 Å². The van der Waals surface area contributed by atoms with Gasteiger partial charge in [0.1, 0.15) is 0 Å². The Morgan fingerprint density at radius 1 is 1.17 bits per heavy atom. The number of nitrogens with one attached hydrogen (secondary N) is 1. The van der Waals surface area contributed by atoms with Crippen molar-refractivity contribution in [2.24, 2.45) is 0 Å². The van der Waals surface area contributed by atoms with Crippen LogP contribution in [0, 0.1) is 6.92 Å². The van der Waals surface area contributed by atoms with Crippen LogP contribution in [0.4, 0.5) is 5.69 Å². The van der Waals surface area contributed by atoms with Crippen molar-refractivity contribution in [3.8, 4) is 0 Å². The van der Waals surface area contributed by atoms with Crippen molar-refractivity contribution in [3.05, 3.63) is 65.7 Å². The first-order chi connectivity index (χ1) is 14.1. The Balaban J connectivity index is 1.69. The number of pyridine rings is 1. The van der Waals surface area contributed by atoms with Gasteiger partial charge in [0.05, 0.1) is 5.52 Å². The van der Waals surface area contributed by atoms with Gasteiger partial charge in [-0.3, -0.25) is 14.0 Å². The van der Waals surface area contributed by atoms with E-state index in [2.05, 4.69) is 17.2 Å². The molecular weight excluding hydrogens is 364 g/mol. The zero-order valence-corrected chi connectivity index (χ0v) is 16.9. The lowest BCUT2D eigenvalue weighted by Gasteiger charge is -2.34. The predicted molar refractivity (Wildman–Crippen MR) is 113 cm³/mol. The third kappa shape index (κ3) is 3.75. The lowest BCUT2D eigenvalue weighted by molar-refractivity contribution is 0.0604. The molecule has 3 aromatic rings. The molecule has 4 rings (SSSR count). The van der Waals surface area contributed by atoms with Gasteiger partial charge in [-0.25, -0.2) is 4.98 Å². The smallest absolute Gasteiger partial charge is 0.292 e. The number of rotatable bonds is 4. The summed E-state index contributed by atoms with van der Waals surface area (Å²) in [6.45, 7) is 4.83. The van der Waals surface area contributed by atoms with Crippen LogP contribution in [0.15, 0.2) is 48.7 Å². The molecule has 150 valence electrons. The molecule has 3 heterocycles. The number of piperidine rings is 1. The van der Waals surface area contributed by atoms with E-state index in [9.17, 15) is 9.59 Å². The number of aryl methyl sites for hydroxylation is 1. The molecule has 0 spiro atoms. The van der Waals surface area contributed by atoms with Crippen molar-refractivity contribution in [3.63, 3.8) is 0 Å². The highest BCUT2D eigenvalue weighted by molar-refractivity contribution is 6.06. The second kappa shape index (κ2) is 8.07. The molecule has 6 heteroatoms. The Kier molecular flexibility index (Phi) is 5.34. The van der Waals surface area contributed by atoms with Crippen molar-refractivity contribution in [1.82, 2.24) is 14.3 Å². The van der Waals surface area contributed by atoms with Crippen LogP contribution in [-0.2, 0) is 0 Å². The number of anilines is 1. The number of nitrogens with zero attached hydrogens (tertiary/aromatic N) is 3. The van der Waals surface area contributed by atoms with Crippen LogP contribution >= 0.6 is 0 Å². The molecule has 1 saturated heterocycles. The van der Waals surface area contributed by atoms with Crippen LogP contribution in [0.1, 0.15) is 59.3 Å². The molecule has 0 radical (unpaired) electrons. The SMILES string of the molecule is CCC1CCCCN1C(=O)c1nc(C(=O)Nc2cccc(C)c2)n2ccccc12. The van der Waals surface area contributed by atoms with E-state index in [1.54, 1.807) is 10.6 Å². The Morgan fingerprint density at radius 3 is 2.83 bits per heavy atom. The summed E-state index contributed by atoms with van der Waals surface area (Å²) < 4.78 is 1.70. The Bertz CT molecular complexity index is 1060. The van der Waals surface area contributed by atoms with Crippen molar-refractivity contribution in [2.75, 3.05) is 11.9 Å². The van der Waals surface area contributed by atoms with Gasteiger partial charge < -0.3 is 10.2 Å². The maximum atomic E-state index is 13.3. The molecule has 1 fully saturated rings. The van der Waals surface area contributed by atoms with Gasteiger partial charge in [0.25, 0.3) is 11.8 Å². The zero-order valence-electron chi connectivity index (χ0n) is 16.9. The summed E-state index contributed by atoms with van der Waals surface area (Å²) in [5.74, 6) is -0.202.